The highest BCUT2D eigenvalue weighted by molar-refractivity contribution is 5.34. The molecule has 3 heterocycles. The summed E-state index contributed by atoms with van der Waals surface area (Å²) in [7, 11) is 1.64. The SMILES string of the molecule is COc1ccc(-n2cccc2CN2CCCCC2)cn1. The molecule has 4 heteroatoms. The second-order valence-corrected chi connectivity index (χ2v) is 5.27. The van der Waals surface area contributed by atoms with Crippen LogP contribution in [0.4, 0.5) is 0 Å². The van der Waals surface area contributed by atoms with Crippen molar-refractivity contribution in [1.29, 1.82) is 0 Å². The van der Waals surface area contributed by atoms with Gasteiger partial charge in [-0.2, -0.15) is 0 Å². The zero-order valence-corrected chi connectivity index (χ0v) is 12.0. The van der Waals surface area contributed by atoms with Gasteiger partial charge in [-0.05, 0) is 44.1 Å². The van der Waals surface area contributed by atoms with Gasteiger partial charge < -0.3 is 9.30 Å². The second kappa shape index (κ2) is 6.09. The number of ether oxygens (including phenoxy) is 1. The van der Waals surface area contributed by atoms with Gasteiger partial charge >= 0.3 is 0 Å². The molecule has 0 atom stereocenters. The molecule has 0 unspecified atom stereocenters. The number of likely N-dealkylation sites (tertiary alicyclic amines) is 1. The number of aromatic nitrogens is 2. The Kier molecular flexibility index (Phi) is 4.02. The fourth-order valence-electron chi connectivity index (χ4n) is 2.78. The van der Waals surface area contributed by atoms with Gasteiger partial charge in [0, 0.05) is 24.5 Å². The Bertz CT molecular complexity index is 541. The first-order valence-corrected chi connectivity index (χ1v) is 7.26. The monoisotopic (exact) mass is 271 g/mol. The van der Waals surface area contributed by atoms with Crippen LogP contribution in [0.25, 0.3) is 5.69 Å². The molecule has 0 saturated carbocycles. The highest BCUT2D eigenvalue weighted by Crippen LogP contribution is 2.18. The van der Waals surface area contributed by atoms with Crippen molar-refractivity contribution in [2.45, 2.75) is 25.8 Å². The maximum atomic E-state index is 5.11. The van der Waals surface area contributed by atoms with Gasteiger partial charge in [-0.15, -0.1) is 0 Å². The van der Waals surface area contributed by atoms with E-state index in [9.17, 15) is 0 Å². The predicted molar refractivity (Wildman–Crippen MR) is 79.2 cm³/mol. The van der Waals surface area contributed by atoms with Crippen LogP contribution in [0.2, 0.25) is 0 Å². The molecule has 0 bridgehead atoms. The molecule has 20 heavy (non-hydrogen) atoms. The largest absolute Gasteiger partial charge is 0.481 e. The summed E-state index contributed by atoms with van der Waals surface area (Å²) in [6.07, 6.45) is 7.98. The van der Waals surface area contributed by atoms with Crippen LogP contribution in [-0.4, -0.2) is 34.7 Å². The number of methoxy groups -OCH3 is 1. The van der Waals surface area contributed by atoms with Crippen LogP contribution in [0.15, 0.2) is 36.7 Å². The van der Waals surface area contributed by atoms with Gasteiger partial charge in [0.2, 0.25) is 5.88 Å². The number of hydrogen-bond donors (Lipinski definition) is 0. The number of rotatable bonds is 4. The molecular formula is C16H21N3O. The van der Waals surface area contributed by atoms with Crippen molar-refractivity contribution in [2.75, 3.05) is 20.2 Å². The van der Waals surface area contributed by atoms with Crippen LogP contribution >= 0.6 is 0 Å². The predicted octanol–water partition coefficient (Wildman–Crippen LogP) is 2.87. The molecule has 1 saturated heterocycles. The second-order valence-electron chi connectivity index (χ2n) is 5.27. The first-order valence-electron chi connectivity index (χ1n) is 7.26. The molecule has 1 aliphatic rings. The molecule has 0 N–H and O–H groups in total. The average molecular weight is 271 g/mol. The van der Waals surface area contributed by atoms with E-state index in [-0.39, 0.29) is 0 Å². The molecule has 2 aromatic rings. The molecule has 0 aliphatic carbocycles. The summed E-state index contributed by atoms with van der Waals surface area (Å²) in [5.74, 6) is 0.651. The van der Waals surface area contributed by atoms with Crippen molar-refractivity contribution in [1.82, 2.24) is 14.5 Å². The van der Waals surface area contributed by atoms with Crippen LogP contribution in [0, 0.1) is 0 Å². The van der Waals surface area contributed by atoms with Crippen molar-refractivity contribution in [3.63, 3.8) is 0 Å². The minimum atomic E-state index is 0.651. The molecule has 0 aromatic carbocycles. The third-order valence-electron chi connectivity index (χ3n) is 3.88. The van der Waals surface area contributed by atoms with Crippen molar-refractivity contribution in [2.24, 2.45) is 0 Å². The molecule has 0 amide bonds. The summed E-state index contributed by atoms with van der Waals surface area (Å²) in [6.45, 7) is 3.44. The molecule has 1 fully saturated rings. The fraction of sp³-hybridized carbons (Fsp3) is 0.438. The lowest BCUT2D eigenvalue weighted by molar-refractivity contribution is 0.217. The molecule has 3 rings (SSSR count). The lowest BCUT2D eigenvalue weighted by Gasteiger charge is -2.26. The summed E-state index contributed by atoms with van der Waals surface area (Å²) < 4.78 is 7.32. The standard InChI is InChI=1S/C16H21N3O/c1-20-16-8-7-14(12-17-16)19-11-5-6-15(19)13-18-9-3-2-4-10-18/h5-8,11-12H,2-4,9-10,13H2,1H3. The van der Waals surface area contributed by atoms with E-state index in [1.54, 1.807) is 7.11 Å². The first-order chi connectivity index (χ1) is 9.86. The Morgan fingerprint density at radius 2 is 2.00 bits per heavy atom. The highest BCUT2D eigenvalue weighted by atomic mass is 16.5. The molecule has 2 aromatic heterocycles. The van der Waals surface area contributed by atoms with Gasteiger partial charge in [0.05, 0.1) is 19.0 Å². The van der Waals surface area contributed by atoms with Gasteiger partial charge in [0.15, 0.2) is 0 Å². The van der Waals surface area contributed by atoms with E-state index < -0.39 is 0 Å². The molecule has 4 nitrogen and oxygen atoms in total. The smallest absolute Gasteiger partial charge is 0.213 e. The summed E-state index contributed by atoms with van der Waals surface area (Å²) in [4.78, 5) is 6.82. The molecular weight excluding hydrogens is 250 g/mol. The maximum Gasteiger partial charge on any atom is 0.213 e. The number of piperidine rings is 1. The minimum absolute atomic E-state index is 0.651. The van der Waals surface area contributed by atoms with Gasteiger partial charge in [0.25, 0.3) is 0 Å². The van der Waals surface area contributed by atoms with E-state index in [4.69, 9.17) is 4.74 Å². The molecule has 1 aliphatic heterocycles. The summed E-state index contributed by atoms with van der Waals surface area (Å²) >= 11 is 0. The van der Waals surface area contributed by atoms with Crippen molar-refractivity contribution < 1.29 is 4.74 Å². The van der Waals surface area contributed by atoms with Crippen LogP contribution in [0.3, 0.4) is 0 Å². The van der Waals surface area contributed by atoms with Crippen LogP contribution < -0.4 is 4.74 Å². The van der Waals surface area contributed by atoms with E-state index in [0.717, 1.165) is 12.2 Å². The van der Waals surface area contributed by atoms with Crippen molar-refractivity contribution in [3.8, 4) is 11.6 Å². The van der Waals surface area contributed by atoms with E-state index in [1.165, 1.54) is 38.0 Å². The average Bonchev–Trinajstić information content (AvgIpc) is 2.96. The topological polar surface area (TPSA) is 30.3 Å². The Hall–Kier alpha value is -1.81. The van der Waals surface area contributed by atoms with E-state index >= 15 is 0 Å². The lowest BCUT2D eigenvalue weighted by atomic mass is 10.1. The summed E-state index contributed by atoms with van der Waals surface area (Å²) in [5, 5.41) is 0. The minimum Gasteiger partial charge on any atom is -0.481 e. The highest BCUT2D eigenvalue weighted by Gasteiger charge is 2.13. The Labute approximate surface area is 120 Å². The zero-order chi connectivity index (χ0) is 13.8. The third-order valence-corrected chi connectivity index (χ3v) is 3.88. The van der Waals surface area contributed by atoms with Crippen molar-refractivity contribution >= 4 is 0 Å². The number of hydrogen-bond acceptors (Lipinski definition) is 3. The fourth-order valence-corrected chi connectivity index (χ4v) is 2.78. The normalized spacial score (nSPS) is 16.2. The zero-order valence-electron chi connectivity index (χ0n) is 12.0. The van der Waals surface area contributed by atoms with Gasteiger partial charge in [-0.1, -0.05) is 6.42 Å². The molecule has 0 spiro atoms. The van der Waals surface area contributed by atoms with Crippen LogP contribution in [-0.2, 0) is 6.54 Å². The van der Waals surface area contributed by atoms with E-state index in [1.807, 2.05) is 18.3 Å². The quantitative estimate of drug-likeness (QED) is 0.856. The number of nitrogens with zero attached hydrogens (tertiary/aromatic N) is 3. The maximum absolute atomic E-state index is 5.11. The Morgan fingerprint density at radius 3 is 2.70 bits per heavy atom. The molecule has 0 radical (unpaired) electrons. The van der Waals surface area contributed by atoms with Gasteiger partial charge in [0.1, 0.15) is 0 Å². The van der Waals surface area contributed by atoms with Gasteiger partial charge in [-0.3, -0.25) is 4.90 Å². The van der Waals surface area contributed by atoms with Crippen LogP contribution in [0.1, 0.15) is 25.0 Å². The van der Waals surface area contributed by atoms with Crippen molar-refractivity contribution in [3.05, 3.63) is 42.4 Å². The summed E-state index contributed by atoms with van der Waals surface area (Å²) in [5.41, 5.74) is 2.40. The lowest BCUT2D eigenvalue weighted by Crippen LogP contribution is -2.29. The van der Waals surface area contributed by atoms with E-state index in [0.29, 0.717) is 5.88 Å². The Balaban J connectivity index is 1.77. The number of pyridine rings is 1. The van der Waals surface area contributed by atoms with E-state index in [2.05, 4.69) is 32.8 Å². The first kappa shape index (κ1) is 13.2. The summed E-state index contributed by atoms with van der Waals surface area (Å²) in [6, 6.07) is 8.24. The van der Waals surface area contributed by atoms with Crippen LogP contribution in [0.5, 0.6) is 5.88 Å². The Morgan fingerprint density at radius 1 is 1.15 bits per heavy atom. The third kappa shape index (κ3) is 2.85. The van der Waals surface area contributed by atoms with Gasteiger partial charge in [-0.25, -0.2) is 4.98 Å². The molecule has 106 valence electrons.